The van der Waals surface area contributed by atoms with E-state index < -0.39 is 5.60 Å². The van der Waals surface area contributed by atoms with Gasteiger partial charge in [-0.3, -0.25) is 4.79 Å². The quantitative estimate of drug-likeness (QED) is 0.571. The molecule has 0 aliphatic rings. The lowest BCUT2D eigenvalue weighted by molar-refractivity contribution is -0.156. The van der Waals surface area contributed by atoms with E-state index in [0.29, 0.717) is 19.6 Å². The Morgan fingerprint density at radius 3 is 2.41 bits per heavy atom. The summed E-state index contributed by atoms with van der Waals surface area (Å²) in [6.07, 6.45) is 1.34. The van der Waals surface area contributed by atoms with Crippen LogP contribution in [0.25, 0.3) is 0 Å². The summed E-state index contributed by atoms with van der Waals surface area (Å²) in [5.41, 5.74) is 0.473. The van der Waals surface area contributed by atoms with Crippen LogP contribution in [0.3, 0.4) is 0 Å². The van der Waals surface area contributed by atoms with Crippen molar-refractivity contribution >= 4 is 12.1 Å². The summed E-state index contributed by atoms with van der Waals surface area (Å²) in [7, 11) is 1.71. The zero-order chi connectivity index (χ0) is 20.3. The normalized spacial score (nSPS) is 12.3. The fourth-order valence-corrected chi connectivity index (χ4v) is 2.37. The SMILES string of the molecule is CCC(CCN(C)C(=O)OCc1ccccc1)OCCC(=O)OC(C)(C)C. The minimum absolute atomic E-state index is 0.0168. The van der Waals surface area contributed by atoms with Crippen LogP contribution in [-0.4, -0.2) is 48.9 Å². The first-order valence-electron chi connectivity index (χ1n) is 9.46. The van der Waals surface area contributed by atoms with Crippen LogP contribution in [0.4, 0.5) is 4.79 Å². The molecule has 0 aliphatic carbocycles. The van der Waals surface area contributed by atoms with Crippen molar-refractivity contribution in [2.45, 2.75) is 65.3 Å². The number of amides is 1. The second kappa shape index (κ2) is 11.6. The molecule has 1 aromatic carbocycles. The van der Waals surface area contributed by atoms with E-state index in [1.807, 2.05) is 58.0 Å². The van der Waals surface area contributed by atoms with Gasteiger partial charge in [0.25, 0.3) is 0 Å². The van der Waals surface area contributed by atoms with Gasteiger partial charge < -0.3 is 19.1 Å². The third-order valence-corrected chi connectivity index (χ3v) is 3.84. The second-order valence-corrected chi connectivity index (χ2v) is 7.49. The Morgan fingerprint density at radius 1 is 1.15 bits per heavy atom. The van der Waals surface area contributed by atoms with Gasteiger partial charge in [-0.15, -0.1) is 0 Å². The first-order valence-corrected chi connectivity index (χ1v) is 9.46. The minimum atomic E-state index is -0.482. The molecule has 6 heteroatoms. The maximum absolute atomic E-state index is 12.1. The molecule has 1 atom stereocenters. The molecule has 0 saturated heterocycles. The van der Waals surface area contributed by atoms with Gasteiger partial charge in [-0.05, 0) is 39.2 Å². The Hall–Kier alpha value is -2.08. The number of benzene rings is 1. The molecule has 0 N–H and O–H groups in total. The Labute approximate surface area is 162 Å². The molecule has 1 rings (SSSR count). The average molecular weight is 379 g/mol. The van der Waals surface area contributed by atoms with Crippen molar-refractivity contribution in [3.8, 4) is 0 Å². The van der Waals surface area contributed by atoms with Crippen LogP contribution in [0.1, 0.15) is 52.5 Å². The van der Waals surface area contributed by atoms with Crippen molar-refractivity contribution in [3.05, 3.63) is 35.9 Å². The Bertz CT molecular complexity index is 568. The van der Waals surface area contributed by atoms with Gasteiger partial charge in [0.05, 0.1) is 19.1 Å². The summed E-state index contributed by atoms with van der Waals surface area (Å²) in [5, 5.41) is 0. The van der Waals surface area contributed by atoms with Crippen LogP contribution in [0.15, 0.2) is 30.3 Å². The maximum atomic E-state index is 12.1. The molecule has 152 valence electrons. The van der Waals surface area contributed by atoms with E-state index in [9.17, 15) is 9.59 Å². The third kappa shape index (κ3) is 10.6. The molecule has 1 aromatic rings. The van der Waals surface area contributed by atoms with Crippen LogP contribution in [-0.2, 0) is 25.6 Å². The van der Waals surface area contributed by atoms with Gasteiger partial charge in [-0.2, -0.15) is 0 Å². The molecule has 6 nitrogen and oxygen atoms in total. The number of carbonyl (C=O) groups is 2. The van der Waals surface area contributed by atoms with Crippen molar-refractivity contribution in [1.82, 2.24) is 4.90 Å². The summed E-state index contributed by atoms with van der Waals surface area (Å²) in [6, 6.07) is 9.57. The van der Waals surface area contributed by atoms with E-state index in [1.165, 1.54) is 0 Å². The molecular formula is C21H33NO5. The van der Waals surface area contributed by atoms with E-state index in [1.54, 1.807) is 11.9 Å². The molecule has 1 unspecified atom stereocenters. The van der Waals surface area contributed by atoms with Gasteiger partial charge in [0, 0.05) is 13.6 Å². The van der Waals surface area contributed by atoms with Crippen LogP contribution in [0.5, 0.6) is 0 Å². The standard InChI is InChI=1S/C21H33NO5/c1-6-18(25-15-13-19(23)27-21(2,3)4)12-14-22(5)20(24)26-16-17-10-8-7-9-11-17/h7-11,18H,6,12-16H2,1-5H3. The van der Waals surface area contributed by atoms with Crippen LogP contribution in [0, 0.1) is 0 Å². The summed E-state index contributed by atoms with van der Waals surface area (Å²) in [6.45, 7) is 8.64. The number of rotatable bonds is 10. The predicted molar refractivity (Wildman–Crippen MR) is 104 cm³/mol. The largest absolute Gasteiger partial charge is 0.460 e. The first kappa shape index (κ1) is 23.0. The number of carbonyl (C=O) groups excluding carboxylic acids is 2. The fourth-order valence-electron chi connectivity index (χ4n) is 2.37. The number of esters is 1. The van der Waals surface area contributed by atoms with Gasteiger partial charge in [-0.25, -0.2) is 4.79 Å². The Morgan fingerprint density at radius 2 is 1.81 bits per heavy atom. The molecule has 0 saturated carbocycles. The van der Waals surface area contributed by atoms with Gasteiger partial charge in [0.2, 0.25) is 0 Å². The zero-order valence-electron chi connectivity index (χ0n) is 17.2. The maximum Gasteiger partial charge on any atom is 0.409 e. The number of hydrogen-bond acceptors (Lipinski definition) is 5. The van der Waals surface area contributed by atoms with E-state index in [4.69, 9.17) is 14.2 Å². The lowest BCUT2D eigenvalue weighted by Gasteiger charge is -2.22. The molecule has 0 aliphatic heterocycles. The number of hydrogen-bond donors (Lipinski definition) is 0. The Kier molecular flexibility index (Phi) is 9.86. The molecule has 0 aromatic heterocycles. The lowest BCUT2D eigenvalue weighted by Crippen LogP contribution is -2.31. The highest BCUT2D eigenvalue weighted by molar-refractivity contribution is 5.69. The summed E-state index contributed by atoms with van der Waals surface area (Å²) in [4.78, 5) is 25.3. The molecule has 0 radical (unpaired) electrons. The molecular weight excluding hydrogens is 346 g/mol. The Balaban J connectivity index is 2.25. The number of ether oxygens (including phenoxy) is 3. The first-order chi connectivity index (χ1) is 12.7. The second-order valence-electron chi connectivity index (χ2n) is 7.49. The van der Waals surface area contributed by atoms with Gasteiger partial charge in [0.1, 0.15) is 12.2 Å². The van der Waals surface area contributed by atoms with Gasteiger partial charge in [0.15, 0.2) is 0 Å². The van der Waals surface area contributed by atoms with Crippen molar-refractivity contribution in [1.29, 1.82) is 0 Å². The highest BCUT2D eigenvalue weighted by Gasteiger charge is 2.17. The van der Waals surface area contributed by atoms with Crippen molar-refractivity contribution in [3.63, 3.8) is 0 Å². The minimum Gasteiger partial charge on any atom is -0.460 e. The summed E-state index contributed by atoms with van der Waals surface area (Å²) < 4.78 is 16.3. The van der Waals surface area contributed by atoms with E-state index in [2.05, 4.69) is 0 Å². The molecule has 0 bridgehead atoms. The monoisotopic (exact) mass is 379 g/mol. The van der Waals surface area contributed by atoms with E-state index in [-0.39, 0.29) is 31.2 Å². The van der Waals surface area contributed by atoms with Gasteiger partial charge in [-0.1, -0.05) is 37.3 Å². The summed E-state index contributed by atoms with van der Waals surface area (Å²) >= 11 is 0. The molecule has 27 heavy (non-hydrogen) atoms. The smallest absolute Gasteiger partial charge is 0.409 e. The summed E-state index contributed by atoms with van der Waals surface area (Å²) in [5.74, 6) is -0.265. The van der Waals surface area contributed by atoms with Crippen molar-refractivity contribution in [2.75, 3.05) is 20.2 Å². The van der Waals surface area contributed by atoms with Crippen LogP contribution >= 0.6 is 0 Å². The third-order valence-electron chi connectivity index (χ3n) is 3.84. The topological polar surface area (TPSA) is 65.1 Å². The van der Waals surface area contributed by atoms with Crippen LogP contribution < -0.4 is 0 Å². The zero-order valence-corrected chi connectivity index (χ0v) is 17.2. The van der Waals surface area contributed by atoms with Gasteiger partial charge >= 0.3 is 12.1 Å². The molecule has 0 heterocycles. The van der Waals surface area contributed by atoms with Crippen molar-refractivity contribution in [2.24, 2.45) is 0 Å². The molecule has 0 fully saturated rings. The van der Waals surface area contributed by atoms with E-state index >= 15 is 0 Å². The average Bonchev–Trinajstić information content (AvgIpc) is 2.61. The fraction of sp³-hybridized carbons (Fsp3) is 0.619. The highest BCUT2D eigenvalue weighted by Crippen LogP contribution is 2.10. The highest BCUT2D eigenvalue weighted by atomic mass is 16.6. The molecule has 1 amide bonds. The predicted octanol–water partition coefficient (Wildman–Crippen LogP) is 4.17. The van der Waals surface area contributed by atoms with Crippen LogP contribution in [0.2, 0.25) is 0 Å². The molecule has 0 spiro atoms. The number of nitrogens with zero attached hydrogens (tertiary/aromatic N) is 1. The van der Waals surface area contributed by atoms with E-state index in [0.717, 1.165) is 12.0 Å². The van der Waals surface area contributed by atoms with Crippen molar-refractivity contribution < 1.29 is 23.8 Å². The lowest BCUT2D eigenvalue weighted by atomic mass is 10.2.